The molecule has 2 aliphatic rings. The van der Waals surface area contributed by atoms with Crippen LogP contribution < -0.4 is 18.9 Å². The Balaban J connectivity index is 1.35. The van der Waals surface area contributed by atoms with Crippen molar-refractivity contribution < 1.29 is 33.3 Å². The van der Waals surface area contributed by atoms with E-state index in [1.165, 1.54) is 6.08 Å². The van der Waals surface area contributed by atoms with E-state index >= 15 is 0 Å². The highest BCUT2D eigenvalue weighted by molar-refractivity contribution is 6.32. The lowest BCUT2D eigenvalue weighted by Crippen LogP contribution is -2.12. The molecule has 2 aromatic rings. The van der Waals surface area contributed by atoms with Crippen LogP contribution in [-0.2, 0) is 9.53 Å². The summed E-state index contributed by atoms with van der Waals surface area (Å²) in [6.45, 7) is 1.77. The summed E-state index contributed by atoms with van der Waals surface area (Å²) < 4.78 is 27.4. The molecule has 7 nitrogen and oxygen atoms in total. The van der Waals surface area contributed by atoms with E-state index in [-0.39, 0.29) is 12.4 Å². The molecule has 2 aliphatic heterocycles. The Kier molecular flexibility index (Phi) is 6.62. The Hall–Kier alpha value is -3.19. The SMILES string of the molecule is O=C(/C=C/c1cc(Cl)c2c(c1)OCCCO2)OCC(=O)c1ccc2c(c1)OCCCO2. The maximum atomic E-state index is 12.4. The Bertz CT molecular complexity index is 1020. The first-order valence-corrected chi connectivity index (χ1v) is 10.3. The van der Waals surface area contributed by atoms with Gasteiger partial charge in [0.25, 0.3) is 0 Å². The van der Waals surface area contributed by atoms with Gasteiger partial charge in [0.2, 0.25) is 0 Å². The lowest BCUT2D eigenvalue weighted by molar-refractivity contribution is -0.136. The number of ether oxygens (including phenoxy) is 5. The highest BCUT2D eigenvalue weighted by Gasteiger charge is 2.16. The third-order valence-corrected chi connectivity index (χ3v) is 4.93. The lowest BCUT2D eigenvalue weighted by Gasteiger charge is -2.10. The predicted molar refractivity (Wildman–Crippen MR) is 113 cm³/mol. The molecule has 0 amide bonds. The van der Waals surface area contributed by atoms with Gasteiger partial charge >= 0.3 is 5.97 Å². The van der Waals surface area contributed by atoms with Gasteiger partial charge in [0.1, 0.15) is 0 Å². The van der Waals surface area contributed by atoms with Crippen molar-refractivity contribution in [2.24, 2.45) is 0 Å². The summed E-state index contributed by atoms with van der Waals surface area (Å²) >= 11 is 6.25. The summed E-state index contributed by atoms with van der Waals surface area (Å²) in [5.74, 6) is 1.16. The zero-order valence-corrected chi connectivity index (χ0v) is 17.5. The van der Waals surface area contributed by atoms with Gasteiger partial charge in [0.15, 0.2) is 35.4 Å². The fourth-order valence-electron chi connectivity index (χ4n) is 3.12. The molecule has 8 heteroatoms. The summed E-state index contributed by atoms with van der Waals surface area (Å²) in [7, 11) is 0. The molecule has 162 valence electrons. The minimum absolute atomic E-state index is 0.337. The normalized spacial score (nSPS) is 15.1. The van der Waals surface area contributed by atoms with Crippen LogP contribution in [0.3, 0.4) is 0 Å². The van der Waals surface area contributed by atoms with Crippen molar-refractivity contribution in [3.63, 3.8) is 0 Å². The fourth-order valence-corrected chi connectivity index (χ4v) is 3.39. The maximum Gasteiger partial charge on any atom is 0.331 e. The van der Waals surface area contributed by atoms with Gasteiger partial charge in [-0.2, -0.15) is 0 Å². The zero-order chi connectivity index (χ0) is 21.6. The minimum atomic E-state index is -0.647. The van der Waals surface area contributed by atoms with Crippen LogP contribution in [0, 0.1) is 0 Å². The van der Waals surface area contributed by atoms with Crippen molar-refractivity contribution in [2.75, 3.05) is 33.0 Å². The number of fused-ring (bicyclic) bond motifs is 2. The van der Waals surface area contributed by atoms with Crippen molar-refractivity contribution in [1.29, 1.82) is 0 Å². The smallest absolute Gasteiger partial charge is 0.331 e. The molecular weight excluding hydrogens is 424 g/mol. The number of hydrogen-bond acceptors (Lipinski definition) is 7. The second-order valence-electron chi connectivity index (χ2n) is 6.96. The summed E-state index contributed by atoms with van der Waals surface area (Å²) in [6, 6.07) is 8.32. The molecule has 2 aromatic carbocycles. The molecule has 0 aromatic heterocycles. The first-order chi connectivity index (χ1) is 15.1. The second kappa shape index (κ2) is 9.75. The van der Waals surface area contributed by atoms with Gasteiger partial charge in [-0.05, 0) is 42.0 Å². The summed E-state index contributed by atoms with van der Waals surface area (Å²) in [4.78, 5) is 24.5. The van der Waals surface area contributed by atoms with Gasteiger partial charge in [-0.15, -0.1) is 0 Å². The van der Waals surface area contributed by atoms with Crippen LogP contribution in [0.25, 0.3) is 6.08 Å². The number of carbonyl (C=O) groups excluding carboxylic acids is 2. The number of Topliss-reactive ketones (excluding diaryl/α,β-unsaturated/α-hetero) is 1. The molecule has 0 fully saturated rings. The van der Waals surface area contributed by atoms with Gasteiger partial charge in [0.05, 0.1) is 31.5 Å². The highest BCUT2D eigenvalue weighted by atomic mass is 35.5. The standard InChI is InChI=1S/C23H21ClO7/c24-17-11-15(12-21-23(17)30-10-2-9-29-21)3-6-22(26)31-14-18(25)16-4-5-19-20(13-16)28-8-1-7-27-19/h3-6,11-13H,1-2,7-10,14H2/b6-3+. The second-order valence-corrected chi connectivity index (χ2v) is 7.36. The van der Waals surface area contributed by atoms with Crippen LogP contribution in [0.5, 0.6) is 23.0 Å². The van der Waals surface area contributed by atoms with Crippen molar-refractivity contribution in [3.8, 4) is 23.0 Å². The van der Waals surface area contributed by atoms with Crippen LogP contribution >= 0.6 is 11.6 Å². The molecule has 31 heavy (non-hydrogen) atoms. The molecule has 0 saturated heterocycles. The third kappa shape index (κ3) is 5.30. The average molecular weight is 445 g/mol. The predicted octanol–water partition coefficient (Wildman–Crippen LogP) is 4.10. The first kappa shape index (κ1) is 21.1. The number of carbonyl (C=O) groups is 2. The maximum absolute atomic E-state index is 12.4. The molecular formula is C23H21ClO7. The van der Waals surface area contributed by atoms with E-state index in [4.69, 9.17) is 35.3 Å². The third-order valence-electron chi connectivity index (χ3n) is 4.65. The molecule has 0 aliphatic carbocycles. The molecule has 4 rings (SSSR count). The quantitative estimate of drug-likeness (QED) is 0.390. The van der Waals surface area contributed by atoms with Crippen molar-refractivity contribution in [3.05, 3.63) is 52.6 Å². The lowest BCUT2D eigenvalue weighted by atomic mass is 10.1. The molecule has 2 heterocycles. The molecule has 0 bridgehead atoms. The van der Waals surface area contributed by atoms with Crippen molar-refractivity contribution in [1.82, 2.24) is 0 Å². The highest BCUT2D eigenvalue weighted by Crippen LogP contribution is 2.38. The Morgan fingerprint density at radius 2 is 1.61 bits per heavy atom. The Morgan fingerprint density at radius 3 is 2.42 bits per heavy atom. The molecule has 0 atom stereocenters. The molecule has 0 unspecified atom stereocenters. The number of benzene rings is 2. The van der Waals surface area contributed by atoms with E-state index in [9.17, 15) is 9.59 Å². The van der Waals surface area contributed by atoms with Crippen LogP contribution in [0.4, 0.5) is 0 Å². The molecule has 0 N–H and O–H groups in total. The van der Waals surface area contributed by atoms with Crippen molar-refractivity contribution in [2.45, 2.75) is 12.8 Å². The van der Waals surface area contributed by atoms with E-state index in [0.29, 0.717) is 65.6 Å². The van der Waals surface area contributed by atoms with E-state index in [2.05, 4.69) is 0 Å². The van der Waals surface area contributed by atoms with Gasteiger partial charge < -0.3 is 23.7 Å². The van der Waals surface area contributed by atoms with Gasteiger partial charge in [-0.1, -0.05) is 11.6 Å². The molecule has 0 spiro atoms. The monoisotopic (exact) mass is 444 g/mol. The molecule has 0 radical (unpaired) electrons. The Labute approximate surface area is 184 Å². The minimum Gasteiger partial charge on any atom is -0.490 e. The first-order valence-electron chi connectivity index (χ1n) is 9.97. The summed E-state index contributed by atoms with van der Waals surface area (Å²) in [6.07, 6.45) is 4.31. The summed E-state index contributed by atoms with van der Waals surface area (Å²) in [5.41, 5.74) is 1.04. The van der Waals surface area contributed by atoms with E-state index < -0.39 is 5.97 Å². The zero-order valence-electron chi connectivity index (χ0n) is 16.7. The van der Waals surface area contributed by atoms with Crippen LogP contribution in [-0.4, -0.2) is 44.8 Å². The number of hydrogen-bond donors (Lipinski definition) is 0. The van der Waals surface area contributed by atoms with Gasteiger partial charge in [-0.3, -0.25) is 4.79 Å². The summed E-state index contributed by atoms with van der Waals surface area (Å²) in [5, 5.41) is 0.400. The van der Waals surface area contributed by atoms with Gasteiger partial charge in [-0.25, -0.2) is 4.79 Å². The van der Waals surface area contributed by atoms with Crippen LogP contribution in [0.2, 0.25) is 5.02 Å². The van der Waals surface area contributed by atoms with Crippen LogP contribution in [0.15, 0.2) is 36.4 Å². The largest absolute Gasteiger partial charge is 0.490 e. The van der Waals surface area contributed by atoms with E-state index in [1.54, 1.807) is 36.4 Å². The molecule has 0 saturated carbocycles. The fraction of sp³-hybridized carbons (Fsp3) is 0.304. The number of rotatable bonds is 5. The van der Waals surface area contributed by atoms with Gasteiger partial charge in [0, 0.05) is 24.5 Å². The Morgan fingerprint density at radius 1 is 0.903 bits per heavy atom. The van der Waals surface area contributed by atoms with Crippen molar-refractivity contribution >= 4 is 29.4 Å². The topological polar surface area (TPSA) is 80.3 Å². The average Bonchev–Trinajstić information content (AvgIpc) is 3.16. The number of halogens is 1. The van der Waals surface area contributed by atoms with E-state index in [0.717, 1.165) is 12.8 Å². The number of ketones is 1. The number of esters is 1. The van der Waals surface area contributed by atoms with E-state index in [1.807, 2.05) is 0 Å². The van der Waals surface area contributed by atoms with Crippen LogP contribution in [0.1, 0.15) is 28.8 Å².